The maximum absolute atomic E-state index is 13.2. The number of hydrogen-bond acceptors (Lipinski definition) is 6. The summed E-state index contributed by atoms with van der Waals surface area (Å²) in [4.78, 5) is 12.6. The third-order valence-corrected chi connectivity index (χ3v) is 5.72. The van der Waals surface area contributed by atoms with Crippen molar-refractivity contribution in [3.63, 3.8) is 0 Å². The van der Waals surface area contributed by atoms with Crippen LogP contribution >= 0.6 is 11.8 Å². The summed E-state index contributed by atoms with van der Waals surface area (Å²) in [6, 6.07) is 20.5. The van der Waals surface area contributed by atoms with Gasteiger partial charge in [0.15, 0.2) is 16.8 Å². The highest BCUT2D eigenvalue weighted by Gasteiger charge is 2.18. The van der Waals surface area contributed by atoms with Gasteiger partial charge in [-0.2, -0.15) is 0 Å². The van der Waals surface area contributed by atoms with Gasteiger partial charge in [-0.15, -0.1) is 10.2 Å². The number of ketones is 1. The van der Waals surface area contributed by atoms with Crippen LogP contribution in [0.15, 0.2) is 78.0 Å². The van der Waals surface area contributed by atoms with Gasteiger partial charge in [0.2, 0.25) is 0 Å². The second-order valence-corrected chi connectivity index (χ2v) is 7.73. The SMILES string of the molecule is COc1ccc(-n2c(SCC(=O)c3ccc(F)cc3)nnc2-c2cccc(OC)c2)cc1. The van der Waals surface area contributed by atoms with Crippen molar-refractivity contribution in [3.05, 3.63) is 84.2 Å². The summed E-state index contributed by atoms with van der Waals surface area (Å²) in [5.74, 6) is 1.68. The number of hydrogen-bond donors (Lipinski definition) is 0. The minimum Gasteiger partial charge on any atom is -0.497 e. The first-order valence-electron chi connectivity index (χ1n) is 9.75. The molecule has 1 heterocycles. The van der Waals surface area contributed by atoms with Crippen molar-refractivity contribution in [3.8, 4) is 28.6 Å². The molecule has 0 atom stereocenters. The number of Topliss-reactive ketones (excluding diaryl/α,β-unsaturated/α-hetero) is 1. The van der Waals surface area contributed by atoms with Crippen LogP contribution in [0.4, 0.5) is 4.39 Å². The predicted molar refractivity (Wildman–Crippen MR) is 121 cm³/mol. The monoisotopic (exact) mass is 449 g/mol. The summed E-state index contributed by atoms with van der Waals surface area (Å²) in [5, 5.41) is 9.28. The van der Waals surface area contributed by atoms with Gasteiger partial charge in [0.05, 0.1) is 20.0 Å². The number of thioether (sulfide) groups is 1. The second-order valence-electron chi connectivity index (χ2n) is 6.79. The fraction of sp³-hybridized carbons (Fsp3) is 0.125. The van der Waals surface area contributed by atoms with E-state index in [1.54, 1.807) is 14.2 Å². The van der Waals surface area contributed by atoms with Gasteiger partial charge in [-0.25, -0.2) is 4.39 Å². The van der Waals surface area contributed by atoms with Crippen molar-refractivity contribution in [1.82, 2.24) is 14.8 Å². The minimum atomic E-state index is -0.378. The quantitative estimate of drug-likeness (QED) is 0.277. The molecule has 0 unspecified atom stereocenters. The van der Waals surface area contributed by atoms with E-state index in [0.29, 0.717) is 22.3 Å². The molecular formula is C24H20FN3O3S. The third-order valence-electron chi connectivity index (χ3n) is 4.79. The normalized spacial score (nSPS) is 10.7. The zero-order valence-electron chi connectivity index (χ0n) is 17.5. The average molecular weight is 450 g/mol. The van der Waals surface area contributed by atoms with Crippen LogP contribution in [0, 0.1) is 5.82 Å². The summed E-state index contributed by atoms with van der Waals surface area (Å²) in [7, 11) is 3.22. The molecule has 0 radical (unpaired) electrons. The molecule has 0 saturated heterocycles. The molecule has 4 aromatic rings. The summed E-state index contributed by atoms with van der Waals surface area (Å²) in [6.07, 6.45) is 0. The third kappa shape index (κ3) is 4.65. The molecule has 0 aliphatic heterocycles. The Morgan fingerprint density at radius 2 is 1.66 bits per heavy atom. The van der Waals surface area contributed by atoms with Gasteiger partial charge in [0, 0.05) is 16.8 Å². The summed E-state index contributed by atoms with van der Waals surface area (Å²) in [5.41, 5.74) is 2.09. The molecule has 0 spiro atoms. The Bertz CT molecular complexity index is 1220. The van der Waals surface area contributed by atoms with E-state index in [-0.39, 0.29) is 17.4 Å². The Kier molecular flexibility index (Phi) is 6.51. The highest BCUT2D eigenvalue weighted by Crippen LogP contribution is 2.30. The van der Waals surface area contributed by atoms with Crippen molar-refractivity contribution >= 4 is 17.5 Å². The predicted octanol–water partition coefficient (Wildman–Crippen LogP) is 5.07. The number of rotatable bonds is 8. The van der Waals surface area contributed by atoms with E-state index >= 15 is 0 Å². The molecule has 0 N–H and O–H groups in total. The molecule has 0 bridgehead atoms. The van der Waals surface area contributed by atoms with Crippen LogP contribution < -0.4 is 9.47 Å². The van der Waals surface area contributed by atoms with Gasteiger partial charge in [0.25, 0.3) is 0 Å². The van der Waals surface area contributed by atoms with Crippen LogP contribution in [-0.2, 0) is 0 Å². The molecule has 0 aliphatic rings. The number of methoxy groups -OCH3 is 2. The molecule has 0 fully saturated rings. The standard InChI is InChI=1S/C24H20FN3O3S/c1-30-20-12-10-19(11-13-20)28-23(17-4-3-5-21(14-17)31-2)26-27-24(28)32-15-22(29)16-6-8-18(25)9-7-16/h3-14H,15H2,1-2H3. The Morgan fingerprint density at radius 3 is 2.34 bits per heavy atom. The van der Waals surface area contributed by atoms with Crippen LogP contribution in [0.5, 0.6) is 11.5 Å². The molecule has 6 nitrogen and oxygen atoms in total. The van der Waals surface area contributed by atoms with Crippen LogP contribution in [-0.4, -0.2) is 40.5 Å². The van der Waals surface area contributed by atoms with Crippen molar-refractivity contribution in [2.45, 2.75) is 5.16 Å². The van der Waals surface area contributed by atoms with Gasteiger partial charge < -0.3 is 9.47 Å². The van der Waals surface area contributed by atoms with Crippen LogP contribution in [0.1, 0.15) is 10.4 Å². The fourth-order valence-electron chi connectivity index (χ4n) is 3.13. The first kappa shape index (κ1) is 21.6. The molecule has 0 saturated carbocycles. The van der Waals surface area contributed by atoms with Crippen LogP contribution in [0.2, 0.25) is 0 Å². The van der Waals surface area contributed by atoms with Gasteiger partial charge in [0.1, 0.15) is 17.3 Å². The maximum Gasteiger partial charge on any atom is 0.196 e. The second kappa shape index (κ2) is 9.65. The van der Waals surface area contributed by atoms with E-state index < -0.39 is 0 Å². The Labute approximate surface area is 189 Å². The first-order valence-corrected chi connectivity index (χ1v) is 10.7. The minimum absolute atomic E-state index is 0.123. The number of aromatic nitrogens is 3. The smallest absolute Gasteiger partial charge is 0.196 e. The fourth-order valence-corrected chi connectivity index (χ4v) is 3.97. The number of ether oxygens (including phenoxy) is 2. The molecule has 162 valence electrons. The van der Waals surface area contributed by atoms with Crippen molar-refractivity contribution < 1.29 is 18.7 Å². The van der Waals surface area contributed by atoms with E-state index in [4.69, 9.17) is 9.47 Å². The maximum atomic E-state index is 13.2. The Hall–Kier alpha value is -3.65. The lowest BCUT2D eigenvalue weighted by atomic mass is 10.1. The highest BCUT2D eigenvalue weighted by molar-refractivity contribution is 7.99. The van der Waals surface area contributed by atoms with Crippen molar-refractivity contribution in [2.24, 2.45) is 0 Å². The average Bonchev–Trinajstić information content (AvgIpc) is 3.27. The molecule has 4 rings (SSSR count). The molecule has 8 heteroatoms. The van der Waals surface area contributed by atoms with E-state index in [0.717, 1.165) is 17.0 Å². The molecular weight excluding hydrogens is 429 g/mol. The van der Waals surface area contributed by atoms with Crippen molar-refractivity contribution in [1.29, 1.82) is 0 Å². The van der Waals surface area contributed by atoms with E-state index in [1.807, 2.05) is 53.1 Å². The summed E-state index contributed by atoms with van der Waals surface area (Å²) >= 11 is 1.27. The Balaban J connectivity index is 1.69. The molecule has 32 heavy (non-hydrogen) atoms. The summed E-state index contributed by atoms with van der Waals surface area (Å²) < 4.78 is 25.7. The number of halogens is 1. The Morgan fingerprint density at radius 1 is 0.938 bits per heavy atom. The number of carbonyl (C=O) groups excluding carboxylic acids is 1. The van der Waals surface area contributed by atoms with Gasteiger partial charge in [-0.3, -0.25) is 9.36 Å². The van der Waals surface area contributed by atoms with E-state index in [2.05, 4.69) is 10.2 Å². The lowest BCUT2D eigenvalue weighted by Gasteiger charge is -2.11. The number of nitrogens with zero attached hydrogens (tertiary/aromatic N) is 3. The highest BCUT2D eigenvalue weighted by atomic mass is 32.2. The topological polar surface area (TPSA) is 66.2 Å². The largest absolute Gasteiger partial charge is 0.497 e. The lowest BCUT2D eigenvalue weighted by molar-refractivity contribution is 0.102. The van der Waals surface area contributed by atoms with E-state index in [1.165, 1.54) is 36.0 Å². The molecule has 1 aromatic heterocycles. The number of carbonyl (C=O) groups is 1. The molecule has 3 aromatic carbocycles. The zero-order chi connectivity index (χ0) is 22.5. The van der Waals surface area contributed by atoms with E-state index in [9.17, 15) is 9.18 Å². The van der Waals surface area contributed by atoms with Crippen LogP contribution in [0.3, 0.4) is 0 Å². The van der Waals surface area contributed by atoms with Crippen LogP contribution in [0.25, 0.3) is 17.1 Å². The first-order chi connectivity index (χ1) is 15.6. The molecule has 0 aliphatic carbocycles. The molecule has 0 amide bonds. The van der Waals surface area contributed by atoms with Crippen molar-refractivity contribution in [2.75, 3.05) is 20.0 Å². The summed E-state index contributed by atoms with van der Waals surface area (Å²) in [6.45, 7) is 0. The zero-order valence-corrected chi connectivity index (χ0v) is 18.3. The number of benzene rings is 3. The van der Waals surface area contributed by atoms with Gasteiger partial charge in [-0.05, 0) is 60.7 Å². The van der Waals surface area contributed by atoms with Gasteiger partial charge >= 0.3 is 0 Å². The van der Waals surface area contributed by atoms with Gasteiger partial charge in [-0.1, -0.05) is 23.9 Å². The lowest BCUT2D eigenvalue weighted by Crippen LogP contribution is -2.05.